The highest BCUT2D eigenvalue weighted by molar-refractivity contribution is 9.10. The molecule has 0 aliphatic heterocycles. The van der Waals surface area contributed by atoms with Crippen LogP contribution in [0.5, 0.6) is 6.01 Å². The highest BCUT2D eigenvalue weighted by Crippen LogP contribution is 2.37. The minimum atomic E-state index is -1.79. The number of hydrogen-bond donors (Lipinski definition) is 1. The van der Waals surface area contributed by atoms with E-state index in [1.54, 1.807) is 10.7 Å². The number of rotatable bonds is 7. The van der Waals surface area contributed by atoms with Gasteiger partial charge in [-0.15, -0.1) is 5.10 Å². The number of nitrogens with two attached hydrogens (primary N) is 1. The van der Waals surface area contributed by atoms with Crippen molar-refractivity contribution in [2.45, 2.75) is 64.8 Å². The Kier molecular flexibility index (Phi) is 6.11. The summed E-state index contributed by atoms with van der Waals surface area (Å²) in [5.74, 6) is 0.292. The minimum Gasteiger partial charge on any atom is -0.462 e. The lowest BCUT2D eigenvalue weighted by molar-refractivity contribution is 0.138. The molecule has 0 spiro atoms. The van der Waals surface area contributed by atoms with Gasteiger partial charge >= 0.3 is 6.01 Å². The summed E-state index contributed by atoms with van der Waals surface area (Å²) in [5, 5.41) is 4.49. The maximum absolute atomic E-state index is 6.46. The van der Waals surface area contributed by atoms with E-state index in [0.717, 1.165) is 12.8 Å². The fourth-order valence-corrected chi connectivity index (χ4v) is 3.96. The molecular formula is C16H28BrN5O2Si. The van der Waals surface area contributed by atoms with Crippen molar-refractivity contribution in [3.63, 3.8) is 0 Å². The zero-order chi connectivity index (χ0) is 18.8. The number of halogens is 1. The number of aromatic nitrogens is 4. The van der Waals surface area contributed by atoms with Crippen molar-refractivity contribution in [3.8, 4) is 6.01 Å². The molecule has 2 heterocycles. The van der Waals surface area contributed by atoms with E-state index in [4.69, 9.17) is 14.9 Å². The lowest BCUT2D eigenvalue weighted by Gasteiger charge is -2.39. The van der Waals surface area contributed by atoms with Crippen LogP contribution in [0, 0.1) is 0 Å². The van der Waals surface area contributed by atoms with E-state index >= 15 is 0 Å². The van der Waals surface area contributed by atoms with Crippen LogP contribution in [0.2, 0.25) is 18.1 Å². The first kappa shape index (κ1) is 20.1. The predicted octanol–water partition coefficient (Wildman–Crippen LogP) is 4.04. The summed E-state index contributed by atoms with van der Waals surface area (Å²) in [6.07, 6.45) is 3.53. The molecule has 0 aliphatic carbocycles. The van der Waals surface area contributed by atoms with E-state index in [2.05, 4.69) is 71.8 Å². The van der Waals surface area contributed by atoms with Gasteiger partial charge in [0.05, 0.1) is 12.8 Å². The van der Waals surface area contributed by atoms with Crippen LogP contribution in [-0.4, -0.2) is 40.6 Å². The molecule has 2 N–H and O–H groups in total. The molecule has 0 amide bonds. The van der Waals surface area contributed by atoms with Crippen molar-refractivity contribution in [2.24, 2.45) is 0 Å². The Morgan fingerprint density at radius 1 is 1.36 bits per heavy atom. The summed E-state index contributed by atoms with van der Waals surface area (Å²) >= 11 is 3.37. The molecule has 0 saturated carbocycles. The Hall–Kier alpha value is -1.19. The molecule has 0 fully saturated rings. The second kappa shape index (κ2) is 7.59. The first-order valence-electron chi connectivity index (χ1n) is 8.52. The van der Waals surface area contributed by atoms with Crippen LogP contribution in [0.25, 0.3) is 5.65 Å². The maximum atomic E-state index is 6.46. The first-order valence-corrected chi connectivity index (χ1v) is 12.2. The van der Waals surface area contributed by atoms with E-state index in [0.29, 0.717) is 22.7 Å². The Morgan fingerprint density at radius 3 is 2.64 bits per heavy atom. The molecule has 0 aromatic carbocycles. The number of imidazole rings is 1. The molecule has 1 atom stereocenters. The molecule has 0 radical (unpaired) electrons. The normalized spacial score (nSPS) is 14.0. The molecule has 9 heteroatoms. The zero-order valence-corrected chi connectivity index (χ0v) is 18.4. The highest BCUT2D eigenvalue weighted by Gasteiger charge is 2.38. The second-order valence-electron chi connectivity index (χ2n) is 7.64. The smallest absolute Gasteiger partial charge is 0.336 e. The predicted molar refractivity (Wildman–Crippen MR) is 105 cm³/mol. The van der Waals surface area contributed by atoms with Crippen molar-refractivity contribution in [1.82, 2.24) is 19.6 Å². The fourth-order valence-electron chi connectivity index (χ4n) is 2.14. The number of hydrogen-bond acceptors (Lipinski definition) is 6. The van der Waals surface area contributed by atoms with E-state index < -0.39 is 8.32 Å². The Bertz CT molecular complexity index is 729. The van der Waals surface area contributed by atoms with Crippen molar-refractivity contribution >= 4 is 35.7 Å². The van der Waals surface area contributed by atoms with Gasteiger partial charge in [-0.3, -0.25) is 0 Å². The lowest BCUT2D eigenvalue weighted by Crippen LogP contribution is -2.44. The van der Waals surface area contributed by atoms with Crippen LogP contribution >= 0.6 is 15.9 Å². The first-order chi connectivity index (χ1) is 11.5. The van der Waals surface area contributed by atoms with Gasteiger partial charge in [-0.1, -0.05) is 27.7 Å². The SMILES string of the molecule is CCC(CCOc1nc(N)c2ncc(Br)n2n1)O[Si](C)(C)C(C)(C)C. The quantitative estimate of drug-likeness (QED) is 0.667. The lowest BCUT2D eigenvalue weighted by atomic mass is 10.2. The topological polar surface area (TPSA) is 87.6 Å². The molecule has 7 nitrogen and oxygen atoms in total. The highest BCUT2D eigenvalue weighted by atomic mass is 79.9. The number of anilines is 1. The number of ether oxygens (including phenoxy) is 1. The van der Waals surface area contributed by atoms with Crippen molar-refractivity contribution in [3.05, 3.63) is 10.8 Å². The molecule has 0 saturated heterocycles. The van der Waals surface area contributed by atoms with Crippen LogP contribution in [-0.2, 0) is 4.43 Å². The average Bonchev–Trinajstić information content (AvgIpc) is 2.87. The summed E-state index contributed by atoms with van der Waals surface area (Å²) in [6.45, 7) is 13.9. The summed E-state index contributed by atoms with van der Waals surface area (Å²) < 4.78 is 14.4. The Balaban J connectivity index is 1.98. The molecule has 2 aromatic rings. The fraction of sp³-hybridized carbons (Fsp3) is 0.688. The zero-order valence-electron chi connectivity index (χ0n) is 15.8. The third kappa shape index (κ3) is 4.71. The molecule has 1 unspecified atom stereocenters. The Labute approximate surface area is 158 Å². The van der Waals surface area contributed by atoms with Crippen LogP contribution in [0.3, 0.4) is 0 Å². The van der Waals surface area contributed by atoms with Gasteiger partial charge in [0.2, 0.25) is 0 Å². The van der Waals surface area contributed by atoms with Crippen LogP contribution in [0.4, 0.5) is 5.82 Å². The number of fused-ring (bicyclic) bond motifs is 1. The Morgan fingerprint density at radius 2 is 2.04 bits per heavy atom. The van der Waals surface area contributed by atoms with Crippen LogP contribution < -0.4 is 10.5 Å². The van der Waals surface area contributed by atoms with Gasteiger partial charge < -0.3 is 14.9 Å². The second-order valence-corrected chi connectivity index (χ2v) is 13.2. The maximum Gasteiger partial charge on any atom is 0.336 e. The summed E-state index contributed by atoms with van der Waals surface area (Å²) in [7, 11) is -1.79. The molecule has 0 aliphatic rings. The van der Waals surface area contributed by atoms with Gasteiger partial charge in [-0.2, -0.15) is 9.50 Å². The van der Waals surface area contributed by atoms with Gasteiger partial charge in [0.25, 0.3) is 0 Å². The van der Waals surface area contributed by atoms with Crippen molar-refractivity contribution in [2.75, 3.05) is 12.3 Å². The van der Waals surface area contributed by atoms with Crippen molar-refractivity contribution in [1.29, 1.82) is 0 Å². The summed E-state index contributed by atoms with van der Waals surface area (Å²) in [4.78, 5) is 8.30. The standard InChI is InChI=1S/C16H28BrN5O2Si/c1-7-11(24-25(5,6)16(2,3)4)8-9-23-15-20-13(18)14-19-10-12(17)22(14)21-15/h10-11H,7-9H2,1-6H3,(H2,18,20,21). The van der Waals surface area contributed by atoms with Gasteiger partial charge in [0.15, 0.2) is 19.8 Å². The largest absolute Gasteiger partial charge is 0.462 e. The minimum absolute atomic E-state index is 0.168. The van der Waals surface area contributed by atoms with E-state index in [-0.39, 0.29) is 17.2 Å². The van der Waals surface area contributed by atoms with E-state index in [9.17, 15) is 0 Å². The molecule has 0 bridgehead atoms. The molecule has 2 rings (SSSR count). The number of nitrogens with zero attached hydrogens (tertiary/aromatic N) is 4. The van der Waals surface area contributed by atoms with Gasteiger partial charge in [-0.25, -0.2) is 4.98 Å². The molecule has 140 valence electrons. The van der Waals surface area contributed by atoms with Gasteiger partial charge in [-0.05, 0) is 40.5 Å². The van der Waals surface area contributed by atoms with Gasteiger partial charge in [0, 0.05) is 12.5 Å². The van der Waals surface area contributed by atoms with Crippen LogP contribution in [0.1, 0.15) is 40.5 Å². The third-order valence-corrected chi connectivity index (χ3v) is 9.80. The molecule has 2 aromatic heterocycles. The number of nitrogen functional groups attached to an aromatic ring is 1. The molecular weight excluding hydrogens is 402 g/mol. The third-order valence-electron chi connectivity index (χ3n) is 4.72. The summed E-state index contributed by atoms with van der Waals surface area (Å²) in [6, 6.07) is 0.242. The monoisotopic (exact) mass is 429 g/mol. The summed E-state index contributed by atoms with van der Waals surface area (Å²) in [5.41, 5.74) is 6.41. The van der Waals surface area contributed by atoms with E-state index in [1.807, 2.05) is 0 Å². The molecule has 25 heavy (non-hydrogen) atoms. The average molecular weight is 430 g/mol. The van der Waals surface area contributed by atoms with Gasteiger partial charge in [0.1, 0.15) is 4.60 Å². The van der Waals surface area contributed by atoms with E-state index in [1.165, 1.54) is 0 Å². The van der Waals surface area contributed by atoms with Crippen LogP contribution in [0.15, 0.2) is 10.8 Å². The van der Waals surface area contributed by atoms with Crippen molar-refractivity contribution < 1.29 is 9.16 Å².